The summed E-state index contributed by atoms with van der Waals surface area (Å²) in [5.74, 6) is 0.161. The van der Waals surface area contributed by atoms with Gasteiger partial charge in [-0.2, -0.15) is 9.36 Å². The highest BCUT2D eigenvalue weighted by Crippen LogP contribution is 2.35. The van der Waals surface area contributed by atoms with Gasteiger partial charge in [0.25, 0.3) is 0 Å². The lowest BCUT2D eigenvalue weighted by atomic mass is 10.0. The van der Waals surface area contributed by atoms with Crippen molar-refractivity contribution in [1.82, 2.24) is 24.3 Å². The molecule has 118 valence electrons. The smallest absolute Gasteiger partial charge is 0.333 e. The number of nitrogens with zero attached hydrogens (tertiary/aromatic N) is 6. The maximum atomic E-state index is 11.4. The van der Waals surface area contributed by atoms with E-state index in [-0.39, 0.29) is 5.57 Å². The average molecular weight is 338 g/mol. The molecule has 0 bridgehead atoms. The van der Waals surface area contributed by atoms with E-state index in [1.807, 2.05) is 6.07 Å². The zero-order valence-electron chi connectivity index (χ0n) is 12.2. The second-order valence-electron chi connectivity index (χ2n) is 4.99. The Morgan fingerprint density at radius 3 is 2.96 bits per heavy atom. The molecule has 0 fully saturated rings. The Morgan fingerprint density at radius 1 is 1.25 bits per heavy atom. The fourth-order valence-corrected chi connectivity index (χ4v) is 3.03. The van der Waals surface area contributed by atoms with Crippen LogP contribution in [0, 0.1) is 0 Å². The van der Waals surface area contributed by atoms with Gasteiger partial charge in [-0.15, -0.1) is 0 Å². The molecule has 0 amide bonds. The van der Waals surface area contributed by atoms with Gasteiger partial charge in [-0.3, -0.25) is 4.90 Å². The molecule has 8 nitrogen and oxygen atoms in total. The van der Waals surface area contributed by atoms with Crippen molar-refractivity contribution in [3.63, 3.8) is 0 Å². The van der Waals surface area contributed by atoms with E-state index < -0.39 is 5.97 Å². The summed E-state index contributed by atoms with van der Waals surface area (Å²) >= 11 is 1.16. The Morgan fingerprint density at radius 2 is 2.17 bits per heavy atom. The molecule has 0 saturated carbocycles. The van der Waals surface area contributed by atoms with Gasteiger partial charge in [-0.25, -0.2) is 19.7 Å². The van der Waals surface area contributed by atoms with Crippen LogP contribution >= 0.6 is 11.5 Å². The van der Waals surface area contributed by atoms with Crippen LogP contribution in [0.25, 0.3) is 11.5 Å². The highest BCUT2D eigenvalue weighted by Gasteiger charge is 2.25. The number of hydrogen-bond acceptors (Lipinski definition) is 8. The lowest BCUT2D eigenvalue weighted by molar-refractivity contribution is -0.132. The van der Waals surface area contributed by atoms with Crippen LogP contribution in [0.15, 0.2) is 48.7 Å². The number of rotatable bonds is 3. The molecule has 24 heavy (non-hydrogen) atoms. The van der Waals surface area contributed by atoms with E-state index in [1.54, 1.807) is 35.6 Å². The van der Waals surface area contributed by atoms with Crippen molar-refractivity contribution in [3.8, 4) is 11.5 Å². The number of carboxylic acid groups (broad SMARTS) is 1. The van der Waals surface area contributed by atoms with E-state index >= 15 is 0 Å². The minimum Gasteiger partial charge on any atom is -0.478 e. The van der Waals surface area contributed by atoms with Crippen LogP contribution in [-0.4, -0.2) is 35.4 Å². The average Bonchev–Trinajstić information content (AvgIpc) is 3.11. The topological polar surface area (TPSA) is 105 Å². The van der Waals surface area contributed by atoms with E-state index in [1.165, 1.54) is 6.33 Å². The van der Waals surface area contributed by atoms with Crippen molar-refractivity contribution >= 4 is 28.5 Å². The minimum atomic E-state index is -0.963. The zero-order valence-corrected chi connectivity index (χ0v) is 13.0. The standard InChI is InChI=1S/C15H10N6O2S/c22-14(23)10-6-9-2-1-4-17-13(9)21(7-10)15-19-12(20-24-15)11-3-5-16-8-18-11/h1-5,7-8H,6H2,(H,22,23). The van der Waals surface area contributed by atoms with Gasteiger partial charge in [0.2, 0.25) is 5.13 Å². The molecule has 0 radical (unpaired) electrons. The van der Waals surface area contributed by atoms with Crippen molar-refractivity contribution in [1.29, 1.82) is 0 Å². The van der Waals surface area contributed by atoms with Crippen molar-refractivity contribution in [2.45, 2.75) is 6.42 Å². The van der Waals surface area contributed by atoms with Gasteiger partial charge in [0, 0.05) is 42.1 Å². The molecule has 1 aliphatic rings. The molecule has 4 heterocycles. The lowest BCUT2D eigenvalue weighted by Gasteiger charge is -2.24. The van der Waals surface area contributed by atoms with Crippen molar-refractivity contribution < 1.29 is 9.90 Å². The maximum Gasteiger partial charge on any atom is 0.333 e. The maximum absolute atomic E-state index is 11.4. The fourth-order valence-electron chi connectivity index (χ4n) is 2.37. The van der Waals surface area contributed by atoms with Gasteiger partial charge < -0.3 is 5.11 Å². The Bertz CT molecular complexity index is 940. The van der Waals surface area contributed by atoms with E-state index in [0.29, 0.717) is 28.9 Å². The number of carboxylic acids is 1. The molecule has 3 aromatic heterocycles. The first-order chi connectivity index (χ1) is 11.7. The zero-order chi connectivity index (χ0) is 16.5. The summed E-state index contributed by atoms with van der Waals surface area (Å²) in [6.07, 6.45) is 6.58. The number of aromatic nitrogens is 5. The fraction of sp³-hybridized carbons (Fsp3) is 0.0667. The molecular weight excluding hydrogens is 328 g/mol. The number of anilines is 2. The van der Waals surface area contributed by atoms with Gasteiger partial charge >= 0.3 is 5.97 Å². The first-order valence-electron chi connectivity index (χ1n) is 6.99. The molecule has 0 saturated heterocycles. The van der Waals surface area contributed by atoms with Crippen molar-refractivity contribution in [2.75, 3.05) is 4.90 Å². The molecule has 1 N–H and O–H groups in total. The molecule has 3 aromatic rings. The highest BCUT2D eigenvalue weighted by atomic mass is 32.1. The second-order valence-corrected chi connectivity index (χ2v) is 5.72. The summed E-state index contributed by atoms with van der Waals surface area (Å²) in [5, 5.41) is 9.88. The monoisotopic (exact) mass is 338 g/mol. The summed E-state index contributed by atoms with van der Waals surface area (Å²) in [6.45, 7) is 0. The molecule has 1 aliphatic heterocycles. The van der Waals surface area contributed by atoms with Crippen LogP contribution < -0.4 is 4.90 Å². The SMILES string of the molecule is O=C(O)C1=CN(c2nc(-c3ccncn3)ns2)c2ncccc2C1. The van der Waals surface area contributed by atoms with Crippen LogP contribution in [0.3, 0.4) is 0 Å². The molecule has 0 atom stereocenters. The molecule has 0 aromatic carbocycles. The normalized spacial score (nSPS) is 13.3. The largest absolute Gasteiger partial charge is 0.478 e. The first kappa shape index (κ1) is 14.4. The predicted octanol–water partition coefficient (Wildman–Crippen LogP) is 2.05. The highest BCUT2D eigenvalue weighted by molar-refractivity contribution is 7.10. The van der Waals surface area contributed by atoms with Gasteiger partial charge in [-0.1, -0.05) is 6.07 Å². The summed E-state index contributed by atoms with van der Waals surface area (Å²) in [5.41, 5.74) is 1.71. The van der Waals surface area contributed by atoms with Crippen LogP contribution in [0.2, 0.25) is 0 Å². The Hall–Kier alpha value is -3.20. The number of carbonyl (C=O) groups is 1. The van der Waals surface area contributed by atoms with Crippen LogP contribution in [0.4, 0.5) is 10.9 Å². The van der Waals surface area contributed by atoms with E-state index in [9.17, 15) is 9.90 Å². The van der Waals surface area contributed by atoms with Crippen molar-refractivity contribution in [3.05, 3.63) is 54.3 Å². The third kappa shape index (κ3) is 2.50. The van der Waals surface area contributed by atoms with Gasteiger partial charge in [-0.05, 0) is 12.1 Å². The number of fused-ring (bicyclic) bond motifs is 1. The quantitative estimate of drug-likeness (QED) is 0.773. The summed E-state index contributed by atoms with van der Waals surface area (Å²) in [4.78, 5) is 29.9. The van der Waals surface area contributed by atoms with E-state index in [0.717, 1.165) is 17.1 Å². The molecule has 9 heteroatoms. The Labute approximate surface area is 140 Å². The van der Waals surface area contributed by atoms with Crippen LogP contribution in [-0.2, 0) is 11.2 Å². The lowest BCUT2D eigenvalue weighted by Crippen LogP contribution is -2.21. The van der Waals surface area contributed by atoms with Gasteiger partial charge in [0.05, 0.1) is 5.57 Å². The molecule has 0 aliphatic carbocycles. The van der Waals surface area contributed by atoms with Crippen LogP contribution in [0.1, 0.15) is 5.56 Å². The van der Waals surface area contributed by atoms with Gasteiger partial charge in [0.1, 0.15) is 17.8 Å². The third-order valence-electron chi connectivity index (χ3n) is 3.47. The molecule has 0 unspecified atom stereocenters. The third-order valence-corrected chi connectivity index (χ3v) is 4.18. The van der Waals surface area contributed by atoms with E-state index in [2.05, 4.69) is 24.3 Å². The summed E-state index contributed by atoms with van der Waals surface area (Å²) < 4.78 is 4.30. The van der Waals surface area contributed by atoms with E-state index in [4.69, 9.17) is 0 Å². The van der Waals surface area contributed by atoms with Gasteiger partial charge in [0.15, 0.2) is 5.82 Å². The first-order valence-corrected chi connectivity index (χ1v) is 7.77. The number of aliphatic carboxylic acids is 1. The molecular formula is C15H10N6O2S. The number of hydrogen-bond donors (Lipinski definition) is 1. The number of pyridine rings is 1. The summed E-state index contributed by atoms with van der Waals surface area (Å²) in [7, 11) is 0. The van der Waals surface area contributed by atoms with Crippen molar-refractivity contribution in [2.24, 2.45) is 0 Å². The Kier molecular flexibility index (Phi) is 3.47. The minimum absolute atomic E-state index is 0.272. The molecule has 0 spiro atoms. The van der Waals surface area contributed by atoms with Crippen LogP contribution in [0.5, 0.6) is 0 Å². The summed E-state index contributed by atoms with van der Waals surface area (Å²) in [6, 6.07) is 5.36. The predicted molar refractivity (Wildman–Crippen MR) is 86.7 cm³/mol. The molecule has 4 rings (SSSR count). The second kappa shape index (κ2) is 5.78. The Balaban J connectivity index is 1.78.